The molecule has 1 saturated heterocycles. The minimum absolute atomic E-state index is 0.0146. The number of aliphatic hydroxyl groups is 2. The molecular weight excluding hydrogens is 757 g/mol. The van der Waals surface area contributed by atoms with Gasteiger partial charge in [-0.2, -0.15) is 0 Å². The molecule has 2 N–H and O–H groups in total. The Morgan fingerprint density at radius 3 is 2.34 bits per heavy atom. The first kappa shape index (κ1) is 42.5. The van der Waals surface area contributed by atoms with Crippen molar-refractivity contribution in [3.05, 3.63) is 106 Å². The zero-order chi connectivity index (χ0) is 42.7. The largest absolute Gasteiger partial charge is 0.497 e. The van der Waals surface area contributed by atoms with Crippen LogP contribution < -0.4 is 9.47 Å². The number of halogens is 2. The molecule has 0 spiro atoms. The van der Waals surface area contributed by atoms with E-state index in [1.54, 1.807) is 37.3 Å². The van der Waals surface area contributed by atoms with Gasteiger partial charge in [0.05, 0.1) is 37.9 Å². The van der Waals surface area contributed by atoms with Crippen molar-refractivity contribution >= 4 is 17.7 Å². The second kappa shape index (κ2) is 15.4. The third kappa shape index (κ3) is 6.95. The summed E-state index contributed by atoms with van der Waals surface area (Å²) in [4.78, 5) is 44.9. The summed E-state index contributed by atoms with van der Waals surface area (Å²) in [5.74, 6) is -2.82. The molecule has 4 aliphatic carbocycles. The zero-order valence-corrected chi connectivity index (χ0v) is 35.3. The predicted octanol–water partition coefficient (Wildman–Crippen LogP) is 8.40. The number of esters is 1. The summed E-state index contributed by atoms with van der Waals surface area (Å²) >= 11 is 0. The number of aliphatic hydroxyl groups excluding tert-OH is 1. The fourth-order valence-electron chi connectivity index (χ4n) is 10.7. The van der Waals surface area contributed by atoms with Gasteiger partial charge in [0, 0.05) is 40.1 Å². The van der Waals surface area contributed by atoms with Crippen molar-refractivity contribution in [1.82, 2.24) is 4.90 Å². The summed E-state index contributed by atoms with van der Waals surface area (Å²) in [7, 11) is 3.10. The van der Waals surface area contributed by atoms with E-state index in [2.05, 4.69) is 6.08 Å². The number of methoxy groups -OCH3 is 2. The zero-order valence-electron chi connectivity index (χ0n) is 35.3. The lowest BCUT2D eigenvalue weighted by atomic mass is 9.64. The molecule has 2 saturated carbocycles. The molecule has 0 unspecified atom stereocenters. The molecule has 6 atom stereocenters. The Bertz CT molecular complexity index is 2200. The van der Waals surface area contributed by atoms with Crippen LogP contribution in [0.1, 0.15) is 125 Å². The van der Waals surface area contributed by atoms with Crippen LogP contribution in [-0.2, 0) is 27.3 Å². The van der Waals surface area contributed by atoms with Crippen molar-refractivity contribution in [3.63, 3.8) is 0 Å². The van der Waals surface area contributed by atoms with E-state index in [-0.39, 0.29) is 31.0 Å². The number of carbonyl (C=O) groups excluding carboxylic acids is 3. The van der Waals surface area contributed by atoms with Gasteiger partial charge in [0.2, 0.25) is 0 Å². The molecule has 0 radical (unpaired) electrons. The van der Waals surface area contributed by atoms with E-state index in [1.165, 1.54) is 6.07 Å². The summed E-state index contributed by atoms with van der Waals surface area (Å²) in [6, 6.07) is 14.0. The highest BCUT2D eigenvalue weighted by atomic mass is 19.2. The monoisotopic (exact) mass is 813 g/mol. The lowest BCUT2D eigenvalue weighted by molar-refractivity contribution is -0.178. The maximum Gasteiger partial charge on any atom is 0.313 e. The molecule has 1 heterocycles. The van der Waals surface area contributed by atoms with E-state index in [9.17, 15) is 28.6 Å². The van der Waals surface area contributed by atoms with Crippen molar-refractivity contribution in [2.45, 2.75) is 122 Å². The van der Waals surface area contributed by atoms with E-state index >= 15 is 4.79 Å². The van der Waals surface area contributed by atoms with Crippen molar-refractivity contribution in [3.8, 4) is 11.5 Å². The van der Waals surface area contributed by atoms with Gasteiger partial charge in [-0.1, -0.05) is 44.6 Å². The van der Waals surface area contributed by atoms with Crippen molar-refractivity contribution < 1.29 is 47.6 Å². The minimum Gasteiger partial charge on any atom is -0.497 e. The number of hydrogen-bond acceptors (Lipinski definition) is 8. The lowest BCUT2D eigenvalue weighted by Crippen LogP contribution is -2.60. The van der Waals surface area contributed by atoms with Crippen LogP contribution in [0.25, 0.3) is 0 Å². The van der Waals surface area contributed by atoms with Crippen LogP contribution in [0.3, 0.4) is 0 Å². The van der Waals surface area contributed by atoms with E-state index in [4.69, 9.17) is 14.2 Å². The van der Waals surface area contributed by atoms with Crippen LogP contribution in [0.4, 0.5) is 8.78 Å². The third-order valence-corrected chi connectivity index (χ3v) is 15.1. The van der Waals surface area contributed by atoms with E-state index in [0.717, 1.165) is 23.3 Å². The average molecular weight is 814 g/mol. The molecular formula is C48H57F2NO8. The highest BCUT2D eigenvalue weighted by Gasteiger charge is 2.76. The summed E-state index contributed by atoms with van der Waals surface area (Å²) in [6.45, 7) is 9.67. The lowest BCUT2D eigenvalue weighted by Gasteiger charge is -2.47. The number of rotatable bonds is 9. The molecule has 9 nitrogen and oxygen atoms in total. The Kier molecular flexibility index (Phi) is 11.1. The summed E-state index contributed by atoms with van der Waals surface area (Å²) in [5, 5.41) is 24.4. The SMILES string of the molecule is COc1ccc(CN(C[C@]2(O)CC[C@H]3c4ccc(cc4C(=O)c4ccc(F)c(F)c4)C[C@@H](O)CCC(C)=CCC[C@@]32C)C(=O)[C@@]23CC[C@@](C)(C(=O)O2)C3(C)C)c(OC)c1. The molecule has 5 aliphatic rings. The molecule has 8 rings (SSSR count). The maximum atomic E-state index is 15.4. The number of ether oxygens (including phenoxy) is 3. The topological polar surface area (TPSA) is 123 Å². The number of nitrogens with zero attached hydrogens (tertiary/aromatic N) is 1. The number of ketones is 1. The van der Waals surface area contributed by atoms with Crippen molar-refractivity contribution in [1.29, 1.82) is 0 Å². The Balaban J connectivity index is 1.35. The quantitative estimate of drug-likeness (QED) is 0.126. The fraction of sp³-hybridized carbons (Fsp3) is 0.521. The standard InChI is InChI=1S/C48H57F2NO8/c1-29-9-8-19-45(4)37(35-16-11-30(23-33(52)14-10-29)24-36(35)41(53)31-13-17-38(49)39(50)25-31)18-20-47(45,56)28-51(27-32-12-15-34(57-6)26-40(32)58-7)42(54)48-22-21-46(5,43(55)59-48)44(48,2)3/h9,11-13,15-17,24-26,33,37,52,56H,8,10,14,18-23,27-28H2,1-7H3/t33-,37-,45-,46-,47+,48+/m0/s1. The molecule has 3 aromatic carbocycles. The Labute approximate surface area is 345 Å². The molecule has 3 fully saturated rings. The van der Waals surface area contributed by atoms with Gasteiger partial charge in [-0.3, -0.25) is 14.4 Å². The van der Waals surface area contributed by atoms with Crippen molar-refractivity contribution in [2.24, 2.45) is 16.2 Å². The van der Waals surface area contributed by atoms with E-state index < -0.39 is 62.9 Å². The number of allylic oxidation sites excluding steroid dienone is 2. The first-order valence-corrected chi connectivity index (χ1v) is 20.8. The Morgan fingerprint density at radius 2 is 1.68 bits per heavy atom. The molecule has 1 aliphatic heterocycles. The van der Waals surface area contributed by atoms with Gasteiger partial charge in [-0.05, 0) is 125 Å². The van der Waals surface area contributed by atoms with Gasteiger partial charge in [-0.15, -0.1) is 0 Å². The first-order chi connectivity index (χ1) is 27.8. The number of hydrogen-bond donors (Lipinski definition) is 2. The average Bonchev–Trinajstić information content (AvgIpc) is 3.64. The summed E-state index contributed by atoms with van der Waals surface area (Å²) in [6.07, 6.45) is 5.55. The van der Waals surface area contributed by atoms with Gasteiger partial charge in [0.25, 0.3) is 5.91 Å². The van der Waals surface area contributed by atoms with Crippen LogP contribution in [0.5, 0.6) is 11.5 Å². The highest BCUT2D eigenvalue weighted by molar-refractivity contribution is 6.10. The number of fused-ring (bicyclic) bond motifs is 10. The molecule has 1 amide bonds. The molecule has 11 heteroatoms. The Morgan fingerprint density at radius 1 is 0.915 bits per heavy atom. The molecule has 316 valence electrons. The third-order valence-electron chi connectivity index (χ3n) is 15.1. The van der Waals surface area contributed by atoms with Crippen molar-refractivity contribution in [2.75, 3.05) is 20.8 Å². The summed E-state index contributed by atoms with van der Waals surface area (Å²) < 4.78 is 46.0. The van der Waals surface area contributed by atoms with E-state index in [1.807, 2.05) is 52.8 Å². The molecule has 3 aromatic rings. The molecule has 59 heavy (non-hydrogen) atoms. The summed E-state index contributed by atoms with van der Waals surface area (Å²) in [5.41, 5.74) is -2.18. The maximum absolute atomic E-state index is 15.4. The van der Waals surface area contributed by atoms with Crippen LogP contribution >= 0.6 is 0 Å². The fourth-order valence-corrected chi connectivity index (χ4v) is 10.7. The first-order valence-electron chi connectivity index (χ1n) is 20.8. The second-order valence-corrected chi connectivity index (χ2v) is 18.4. The van der Waals surface area contributed by atoms with Gasteiger partial charge in [0.1, 0.15) is 11.5 Å². The number of carbonyl (C=O) groups is 3. The number of benzene rings is 3. The second-order valence-electron chi connectivity index (χ2n) is 18.4. The number of amides is 1. The molecule has 0 aromatic heterocycles. The van der Waals surface area contributed by atoms with Gasteiger partial charge in [0.15, 0.2) is 23.0 Å². The normalized spacial score (nSPS) is 29.9. The van der Waals surface area contributed by atoms with Crippen LogP contribution in [0, 0.1) is 27.9 Å². The van der Waals surface area contributed by atoms with Crippen LogP contribution in [0.2, 0.25) is 0 Å². The predicted molar refractivity (Wildman–Crippen MR) is 218 cm³/mol. The van der Waals surface area contributed by atoms with Gasteiger partial charge < -0.3 is 29.3 Å². The Hall–Kier alpha value is -4.61. The minimum atomic E-state index is -1.52. The van der Waals surface area contributed by atoms with Crippen LogP contribution in [0.15, 0.2) is 66.2 Å². The van der Waals surface area contributed by atoms with Gasteiger partial charge >= 0.3 is 5.97 Å². The smallest absolute Gasteiger partial charge is 0.313 e. The van der Waals surface area contributed by atoms with Crippen LogP contribution in [-0.4, -0.2) is 70.8 Å². The molecule has 4 bridgehead atoms. The van der Waals surface area contributed by atoms with E-state index in [0.29, 0.717) is 79.6 Å². The van der Waals surface area contributed by atoms with Gasteiger partial charge in [-0.25, -0.2) is 8.78 Å². The highest BCUT2D eigenvalue weighted by Crippen LogP contribution is 2.66.